The van der Waals surface area contributed by atoms with Crippen molar-refractivity contribution in [2.24, 2.45) is 0 Å². The highest BCUT2D eigenvalue weighted by Crippen LogP contribution is 2.35. The first-order valence-electron chi connectivity index (χ1n) is 11.4. The molecule has 3 aromatic rings. The standard InChI is InChI=1S/C28H28N2O4/c1-4-17-34-23-11-8-10-21(18-23)29-26-25(20-13-15-22(16-14-20)33-5-2)27(31)30(28(26)32)24-12-7-6-9-19(24)3/h6-16,18,29H,4-5,17H2,1-3H3. The maximum Gasteiger partial charge on any atom is 0.282 e. The van der Waals surface area contributed by atoms with Crippen LogP contribution in [0.3, 0.4) is 0 Å². The number of benzene rings is 3. The van der Waals surface area contributed by atoms with Crippen LogP contribution in [-0.2, 0) is 9.59 Å². The Hall–Kier alpha value is -4.06. The third-order valence-corrected chi connectivity index (χ3v) is 5.47. The highest BCUT2D eigenvalue weighted by Gasteiger charge is 2.40. The van der Waals surface area contributed by atoms with E-state index in [1.54, 1.807) is 30.3 Å². The highest BCUT2D eigenvalue weighted by molar-refractivity contribution is 6.46. The molecule has 0 bridgehead atoms. The predicted octanol–water partition coefficient (Wildman–Crippen LogP) is 5.58. The molecule has 6 nitrogen and oxygen atoms in total. The van der Waals surface area contributed by atoms with Gasteiger partial charge in [-0.05, 0) is 61.7 Å². The van der Waals surface area contributed by atoms with Crippen LogP contribution >= 0.6 is 0 Å². The van der Waals surface area contributed by atoms with Crippen molar-refractivity contribution in [1.82, 2.24) is 0 Å². The Morgan fingerprint density at radius 3 is 2.29 bits per heavy atom. The van der Waals surface area contributed by atoms with Gasteiger partial charge in [0, 0.05) is 11.8 Å². The minimum absolute atomic E-state index is 0.227. The lowest BCUT2D eigenvalue weighted by Gasteiger charge is -2.17. The van der Waals surface area contributed by atoms with Gasteiger partial charge in [-0.1, -0.05) is 43.3 Å². The summed E-state index contributed by atoms with van der Waals surface area (Å²) in [5.74, 6) is 0.629. The van der Waals surface area contributed by atoms with E-state index >= 15 is 0 Å². The van der Waals surface area contributed by atoms with Crippen LogP contribution in [0.4, 0.5) is 11.4 Å². The van der Waals surface area contributed by atoms with Crippen molar-refractivity contribution in [3.8, 4) is 11.5 Å². The molecule has 1 heterocycles. The summed E-state index contributed by atoms with van der Waals surface area (Å²) in [6, 6.07) is 22.0. The van der Waals surface area contributed by atoms with Crippen molar-refractivity contribution in [3.05, 3.63) is 89.6 Å². The Morgan fingerprint density at radius 1 is 0.824 bits per heavy atom. The first-order valence-corrected chi connectivity index (χ1v) is 11.4. The molecule has 174 valence electrons. The third kappa shape index (κ3) is 4.66. The van der Waals surface area contributed by atoms with Gasteiger partial charge in [0.1, 0.15) is 17.2 Å². The molecule has 4 rings (SSSR count). The number of carbonyl (C=O) groups excluding carboxylic acids is 2. The van der Waals surface area contributed by atoms with E-state index in [1.165, 1.54) is 4.90 Å². The fourth-order valence-corrected chi connectivity index (χ4v) is 3.86. The van der Waals surface area contributed by atoms with E-state index in [2.05, 4.69) is 5.32 Å². The fraction of sp³-hybridized carbons (Fsp3) is 0.214. The summed E-state index contributed by atoms with van der Waals surface area (Å²) in [5, 5.41) is 3.20. The summed E-state index contributed by atoms with van der Waals surface area (Å²) in [6.45, 7) is 6.98. The van der Waals surface area contributed by atoms with Gasteiger partial charge in [-0.15, -0.1) is 0 Å². The van der Waals surface area contributed by atoms with Crippen LogP contribution in [0.5, 0.6) is 11.5 Å². The van der Waals surface area contributed by atoms with E-state index in [4.69, 9.17) is 9.47 Å². The van der Waals surface area contributed by atoms with E-state index in [0.29, 0.717) is 47.2 Å². The Bertz CT molecular complexity index is 1230. The lowest BCUT2D eigenvalue weighted by molar-refractivity contribution is -0.120. The van der Waals surface area contributed by atoms with Crippen molar-refractivity contribution < 1.29 is 19.1 Å². The first kappa shape index (κ1) is 23.1. The lowest BCUT2D eigenvalue weighted by Crippen LogP contribution is -2.33. The Labute approximate surface area is 199 Å². The van der Waals surface area contributed by atoms with Gasteiger partial charge in [-0.2, -0.15) is 0 Å². The molecule has 0 saturated heterocycles. The number of carbonyl (C=O) groups is 2. The Balaban J connectivity index is 1.76. The molecule has 6 heteroatoms. The second kappa shape index (κ2) is 10.3. The normalized spacial score (nSPS) is 13.4. The molecule has 0 saturated carbocycles. The molecular weight excluding hydrogens is 428 g/mol. The molecule has 0 unspecified atom stereocenters. The summed E-state index contributed by atoms with van der Waals surface area (Å²) in [6.07, 6.45) is 0.892. The molecule has 1 aliphatic heterocycles. The second-order valence-corrected chi connectivity index (χ2v) is 7.94. The smallest absolute Gasteiger partial charge is 0.282 e. The van der Waals surface area contributed by atoms with Crippen LogP contribution in [0.15, 0.2) is 78.5 Å². The van der Waals surface area contributed by atoms with Gasteiger partial charge in [0.25, 0.3) is 11.8 Å². The van der Waals surface area contributed by atoms with Crippen LogP contribution < -0.4 is 19.7 Å². The third-order valence-electron chi connectivity index (χ3n) is 5.47. The summed E-state index contributed by atoms with van der Waals surface area (Å²) < 4.78 is 11.3. The number of anilines is 2. The van der Waals surface area contributed by atoms with Crippen molar-refractivity contribution in [1.29, 1.82) is 0 Å². The zero-order valence-corrected chi connectivity index (χ0v) is 19.6. The summed E-state index contributed by atoms with van der Waals surface area (Å²) in [7, 11) is 0. The molecule has 1 N–H and O–H groups in total. The zero-order valence-electron chi connectivity index (χ0n) is 19.6. The molecule has 2 amide bonds. The van der Waals surface area contributed by atoms with Gasteiger partial charge >= 0.3 is 0 Å². The number of amides is 2. The number of nitrogens with zero attached hydrogens (tertiary/aromatic N) is 1. The number of imide groups is 1. The number of nitrogens with one attached hydrogen (secondary N) is 1. The fourth-order valence-electron chi connectivity index (χ4n) is 3.86. The quantitative estimate of drug-likeness (QED) is 0.426. The first-order chi connectivity index (χ1) is 16.5. The SMILES string of the molecule is CCCOc1cccc(NC2=C(c3ccc(OCC)cc3)C(=O)N(c3ccccc3C)C2=O)c1. The number of hydrogen-bond donors (Lipinski definition) is 1. The lowest BCUT2D eigenvalue weighted by atomic mass is 10.0. The van der Waals surface area contributed by atoms with Crippen LogP contribution in [0, 0.1) is 6.92 Å². The monoisotopic (exact) mass is 456 g/mol. The van der Waals surface area contributed by atoms with Crippen LogP contribution in [0.25, 0.3) is 5.57 Å². The van der Waals surface area contributed by atoms with E-state index in [0.717, 1.165) is 12.0 Å². The molecule has 34 heavy (non-hydrogen) atoms. The molecular formula is C28H28N2O4. The molecule has 0 radical (unpaired) electrons. The minimum atomic E-state index is -0.400. The van der Waals surface area contributed by atoms with Gasteiger partial charge in [-0.3, -0.25) is 9.59 Å². The van der Waals surface area contributed by atoms with Crippen molar-refractivity contribution in [2.45, 2.75) is 27.2 Å². The average molecular weight is 457 g/mol. The Morgan fingerprint density at radius 2 is 1.59 bits per heavy atom. The molecule has 1 aliphatic rings. The van der Waals surface area contributed by atoms with Gasteiger partial charge in [0.15, 0.2) is 0 Å². The topological polar surface area (TPSA) is 67.9 Å². The summed E-state index contributed by atoms with van der Waals surface area (Å²) in [4.78, 5) is 28.5. The molecule has 0 fully saturated rings. The van der Waals surface area contributed by atoms with Crippen LogP contribution in [-0.4, -0.2) is 25.0 Å². The number of hydrogen-bond acceptors (Lipinski definition) is 5. The van der Waals surface area contributed by atoms with Crippen LogP contribution in [0.2, 0.25) is 0 Å². The zero-order chi connectivity index (χ0) is 24.1. The summed E-state index contributed by atoms with van der Waals surface area (Å²) in [5.41, 5.74) is 3.25. The van der Waals surface area contributed by atoms with E-state index in [1.807, 2.05) is 63.2 Å². The molecule has 0 atom stereocenters. The maximum atomic E-state index is 13.6. The number of ether oxygens (including phenoxy) is 2. The van der Waals surface area contributed by atoms with Gasteiger partial charge < -0.3 is 14.8 Å². The van der Waals surface area contributed by atoms with Gasteiger partial charge in [0.2, 0.25) is 0 Å². The molecule has 0 spiro atoms. The van der Waals surface area contributed by atoms with E-state index in [9.17, 15) is 9.59 Å². The van der Waals surface area contributed by atoms with Crippen molar-refractivity contribution in [3.63, 3.8) is 0 Å². The van der Waals surface area contributed by atoms with E-state index in [-0.39, 0.29) is 11.6 Å². The highest BCUT2D eigenvalue weighted by atomic mass is 16.5. The molecule has 3 aromatic carbocycles. The second-order valence-electron chi connectivity index (χ2n) is 7.94. The molecule has 0 aromatic heterocycles. The summed E-state index contributed by atoms with van der Waals surface area (Å²) >= 11 is 0. The van der Waals surface area contributed by atoms with Gasteiger partial charge in [0.05, 0.1) is 24.5 Å². The Kier molecular flexibility index (Phi) is 6.97. The maximum absolute atomic E-state index is 13.6. The predicted molar refractivity (Wildman–Crippen MR) is 134 cm³/mol. The average Bonchev–Trinajstić information content (AvgIpc) is 3.08. The largest absolute Gasteiger partial charge is 0.494 e. The number of para-hydroxylation sites is 1. The van der Waals surface area contributed by atoms with Crippen molar-refractivity contribution >= 4 is 28.8 Å². The van der Waals surface area contributed by atoms with E-state index < -0.39 is 5.91 Å². The van der Waals surface area contributed by atoms with Crippen molar-refractivity contribution in [2.75, 3.05) is 23.4 Å². The van der Waals surface area contributed by atoms with Crippen LogP contribution in [0.1, 0.15) is 31.4 Å². The number of aryl methyl sites for hydroxylation is 1. The minimum Gasteiger partial charge on any atom is -0.494 e. The number of rotatable bonds is 9. The van der Waals surface area contributed by atoms with Gasteiger partial charge in [-0.25, -0.2) is 4.90 Å². The molecule has 0 aliphatic carbocycles.